The van der Waals surface area contributed by atoms with E-state index in [2.05, 4.69) is 27.8 Å². The Morgan fingerprint density at radius 2 is 2.00 bits per heavy atom. The van der Waals surface area contributed by atoms with Crippen molar-refractivity contribution >= 4 is 41.0 Å². The van der Waals surface area contributed by atoms with E-state index in [0.717, 1.165) is 22.7 Å². The van der Waals surface area contributed by atoms with Crippen LogP contribution in [0.1, 0.15) is 27.9 Å². The molecule has 7 heteroatoms. The van der Waals surface area contributed by atoms with E-state index >= 15 is 0 Å². The molecular formula is C19H22ClN3OS2. The summed E-state index contributed by atoms with van der Waals surface area (Å²) in [6, 6.07) is 13.7. The molecule has 1 atom stereocenters. The lowest BCUT2D eigenvalue weighted by Gasteiger charge is -2.11. The standard InChI is InChI=1S/C19H21N3OS2.ClH/c1-13-22-17(12-24-13)18-8-7-15(25-18)9-10-21-19(23)11-16(20)14-5-3-2-4-6-14;/h2-8,12,16H,9-11,20H2,1H3,(H,21,23);1H. The highest BCUT2D eigenvalue weighted by molar-refractivity contribution is 7.16. The molecule has 0 bridgehead atoms. The molecule has 3 N–H and O–H groups in total. The van der Waals surface area contributed by atoms with Gasteiger partial charge in [-0.05, 0) is 31.0 Å². The number of carbonyl (C=O) groups is 1. The molecule has 0 aliphatic heterocycles. The molecule has 0 spiro atoms. The van der Waals surface area contributed by atoms with E-state index in [0.29, 0.717) is 13.0 Å². The normalized spacial score (nSPS) is 11.6. The van der Waals surface area contributed by atoms with Gasteiger partial charge < -0.3 is 11.1 Å². The minimum atomic E-state index is -0.262. The average Bonchev–Trinajstić information content (AvgIpc) is 3.24. The number of nitrogens with zero attached hydrogens (tertiary/aromatic N) is 1. The second-order valence-corrected chi connectivity index (χ2v) is 8.07. The average molecular weight is 408 g/mol. The highest BCUT2D eigenvalue weighted by atomic mass is 35.5. The molecule has 3 rings (SSSR count). The van der Waals surface area contributed by atoms with Crippen LogP contribution in [0, 0.1) is 6.92 Å². The number of thiophene rings is 1. The van der Waals surface area contributed by atoms with Crippen molar-refractivity contribution in [1.82, 2.24) is 10.3 Å². The van der Waals surface area contributed by atoms with Crippen LogP contribution >= 0.6 is 35.1 Å². The summed E-state index contributed by atoms with van der Waals surface area (Å²) in [5, 5.41) is 6.12. The largest absolute Gasteiger partial charge is 0.356 e. The first-order valence-electron chi connectivity index (χ1n) is 8.20. The Bertz CT molecular complexity index is 832. The number of nitrogens with one attached hydrogen (secondary N) is 1. The SMILES string of the molecule is Cc1nc(-c2ccc(CCNC(=O)CC(N)c3ccccc3)s2)cs1.Cl. The third-order valence-electron chi connectivity index (χ3n) is 3.86. The predicted octanol–water partition coefficient (Wildman–Crippen LogP) is 4.35. The molecule has 0 aliphatic carbocycles. The Kier molecular flexibility index (Phi) is 7.78. The third kappa shape index (κ3) is 5.64. The zero-order chi connectivity index (χ0) is 17.6. The second kappa shape index (κ2) is 9.83. The first-order valence-corrected chi connectivity index (χ1v) is 9.90. The summed E-state index contributed by atoms with van der Waals surface area (Å²) in [4.78, 5) is 19.0. The van der Waals surface area contributed by atoms with Gasteiger partial charge in [0, 0.05) is 29.3 Å². The van der Waals surface area contributed by atoms with Crippen LogP contribution in [0.5, 0.6) is 0 Å². The van der Waals surface area contributed by atoms with Crippen molar-refractivity contribution in [3.8, 4) is 10.6 Å². The summed E-state index contributed by atoms with van der Waals surface area (Å²) in [6.07, 6.45) is 1.12. The number of benzene rings is 1. The lowest BCUT2D eigenvalue weighted by molar-refractivity contribution is -0.121. The summed E-state index contributed by atoms with van der Waals surface area (Å²) >= 11 is 3.39. The topological polar surface area (TPSA) is 68.0 Å². The van der Waals surface area contributed by atoms with Crippen molar-refractivity contribution in [3.05, 3.63) is 63.3 Å². The van der Waals surface area contributed by atoms with E-state index < -0.39 is 0 Å². The number of aryl methyl sites for hydroxylation is 1. The van der Waals surface area contributed by atoms with Crippen LogP contribution in [0.15, 0.2) is 47.8 Å². The zero-order valence-corrected chi connectivity index (χ0v) is 16.9. The van der Waals surface area contributed by atoms with Gasteiger partial charge in [0.1, 0.15) is 0 Å². The fraction of sp³-hybridized carbons (Fsp3) is 0.263. The zero-order valence-electron chi connectivity index (χ0n) is 14.5. The number of hydrogen-bond donors (Lipinski definition) is 2. The summed E-state index contributed by atoms with van der Waals surface area (Å²) in [5.74, 6) is -0.0109. The van der Waals surface area contributed by atoms with Gasteiger partial charge in [-0.25, -0.2) is 4.98 Å². The van der Waals surface area contributed by atoms with Gasteiger partial charge >= 0.3 is 0 Å². The number of amides is 1. The molecule has 1 aromatic carbocycles. The van der Waals surface area contributed by atoms with Gasteiger partial charge in [0.05, 0.1) is 15.6 Å². The molecule has 3 aromatic rings. The van der Waals surface area contributed by atoms with E-state index in [-0.39, 0.29) is 24.4 Å². The van der Waals surface area contributed by atoms with Crippen molar-refractivity contribution in [2.75, 3.05) is 6.54 Å². The van der Waals surface area contributed by atoms with Crippen molar-refractivity contribution in [2.45, 2.75) is 25.8 Å². The Balaban J connectivity index is 0.00000243. The van der Waals surface area contributed by atoms with Crippen LogP contribution in [0.3, 0.4) is 0 Å². The van der Waals surface area contributed by atoms with Gasteiger partial charge in [0.25, 0.3) is 0 Å². The van der Waals surface area contributed by atoms with Gasteiger partial charge in [-0.3, -0.25) is 4.79 Å². The van der Waals surface area contributed by atoms with Crippen LogP contribution in [-0.2, 0) is 11.2 Å². The first-order chi connectivity index (χ1) is 12.1. The van der Waals surface area contributed by atoms with Crippen LogP contribution in [0.4, 0.5) is 0 Å². The number of thiazole rings is 1. The quantitative estimate of drug-likeness (QED) is 0.611. The molecule has 0 aliphatic rings. The lowest BCUT2D eigenvalue weighted by atomic mass is 10.0. The molecular weight excluding hydrogens is 386 g/mol. The smallest absolute Gasteiger partial charge is 0.221 e. The van der Waals surface area contributed by atoms with Crippen molar-refractivity contribution < 1.29 is 4.79 Å². The van der Waals surface area contributed by atoms with E-state index in [1.165, 1.54) is 9.75 Å². The summed E-state index contributed by atoms with van der Waals surface area (Å²) in [6.45, 7) is 2.63. The van der Waals surface area contributed by atoms with Crippen molar-refractivity contribution in [2.24, 2.45) is 5.73 Å². The fourth-order valence-corrected chi connectivity index (χ4v) is 4.20. The number of halogens is 1. The second-order valence-electron chi connectivity index (χ2n) is 5.84. The maximum atomic E-state index is 12.1. The van der Waals surface area contributed by atoms with E-state index in [4.69, 9.17) is 5.73 Å². The minimum Gasteiger partial charge on any atom is -0.356 e. The fourth-order valence-electron chi connectivity index (χ4n) is 2.54. The van der Waals surface area contributed by atoms with E-state index in [1.807, 2.05) is 37.3 Å². The Morgan fingerprint density at radius 3 is 2.69 bits per heavy atom. The molecule has 26 heavy (non-hydrogen) atoms. The van der Waals surface area contributed by atoms with Crippen molar-refractivity contribution in [1.29, 1.82) is 0 Å². The molecule has 0 radical (unpaired) electrons. The Labute approximate surface area is 167 Å². The number of carbonyl (C=O) groups excluding carboxylic acids is 1. The molecule has 2 aromatic heterocycles. The third-order valence-corrected chi connectivity index (χ3v) is 5.80. The summed E-state index contributed by atoms with van der Waals surface area (Å²) < 4.78 is 0. The first kappa shape index (κ1) is 20.6. The van der Waals surface area contributed by atoms with Crippen LogP contribution < -0.4 is 11.1 Å². The highest BCUT2D eigenvalue weighted by Gasteiger charge is 2.11. The van der Waals surface area contributed by atoms with Crippen LogP contribution in [-0.4, -0.2) is 17.4 Å². The number of rotatable bonds is 7. The maximum Gasteiger partial charge on any atom is 0.221 e. The minimum absolute atomic E-state index is 0. The van der Waals surface area contributed by atoms with Gasteiger partial charge in [-0.15, -0.1) is 35.1 Å². The molecule has 0 saturated carbocycles. The number of nitrogens with two attached hydrogens (primary N) is 1. The monoisotopic (exact) mass is 407 g/mol. The summed E-state index contributed by atoms with van der Waals surface area (Å²) in [7, 11) is 0. The lowest BCUT2D eigenvalue weighted by Crippen LogP contribution is -2.29. The maximum absolute atomic E-state index is 12.1. The van der Waals surface area contributed by atoms with Crippen molar-refractivity contribution in [3.63, 3.8) is 0 Å². The predicted molar refractivity (Wildman–Crippen MR) is 112 cm³/mol. The van der Waals surface area contributed by atoms with Gasteiger partial charge in [-0.2, -0.15) is 0 Å². The highest BCUT2D eigenvalue weighted by Crippen LogP contribution is 2.29. The summed E-state index contributed by atoms with van der Waals surface area (Å²) in [5.41, 5.74) is 8.11. The molecule has 1 amide bonds. The molecule has 0 fully saturated rings. The molecule has 138 valence electrons. The molecule has 2 heterocycles. The molecule has 0 saturated heterocycles. The van der Waals surface area contributed by atoms with E-state index in [9.17, 15) is 4.79 Å². The Hall–Kier alpha value is -1.73. The van der Waals surface area contributed by atoms with Gasteiger partial charge in [-0.1, -0.05) is 30.3 Å². The van der Waals surface area contributed by atoms with E-state index in [1.54, 1.807) is 22.7 Å². The van der Waals surface area contributed by atoms with Gasteiger partial charge in [0.2, 0.25) is 5.91 Å². The van der Waals surface area contributed by atoms with Gasteiger partial charge in [0.15, 0.2) is 0 Å². The molecule has 4 nitrogen and oxygen atoms in total. The van der Waals surface area contributed by atoms with Crippen LogP contribution in [0.2, 0.25) is 0 Å². The van der Waals surface area contributed by atoms with Crippen LogP contribution in [0.25, 0.3) is 10.6 Å². The number of hydrogen-bond acceptors (Lipinski definition) is 5. The number of aromatic nitrogens is 1. The Morgan fingerprint density at radius 1 is 1.23 bits per heavy atom. The molecule has 1 unspecified atom stereocenters.